The minimum absolute atomic E-state index is 0.273. The first-order valence-corrected chi connectivity index (χ1v) is 6.18. The molecule has 1 fully saturated rings. The highest BCUT2D eigenvalue weighted by Gasteiger charge is 2.49. The fraction of sp³-hybridized carbons (Fsp3) is 1.00. The Morgan fingerprint density at radius 2 is 1.86 bits per heavy atom. The maximum atomic E-state index is 13.3. The van der Waals surface area contributed by atoms with Gasteiger partial charge in [0.05, 0.1) is 11.7 Å². The van der Waals surface area contributed by atoms with Crippen molar-refractivity contribution in [1.82, 2.24) is 0 Å². The van der Waals surface area contributed by atoms with Crippen LogP contribution in [0.1, 0.15) is 41.0 Å². The third-order valence-corrected chi connectivity index (χ3v) is 4.36. The summed E-state index contributed by atoms with van der Waals surface area (Å²) in [6, 6.07) is 0. The molecular weight excluding hydrogens is 206 g/mol. The van der Waals surface area contributed by atoms with Gasteiger partial charge in [-0.25, -0.2) is 4.57 Å². The molecule has 1 saturated heterocycles. The highest BCUT2D eigenvalue weighted by atomic mass is 31.2. The molecule has 2 atom stereocenters. The number of hydrogen-bond acceptors (Lipinski definition) is 3. The topological polar surface area (TPSA) is 35.5 Å². The lowest BCUT2D eigenvalue weighted by Crippen LogP contribution is -2.40. The largest absolute Gasteiger partial charge is 0.513 e. The third-order valence-electron chi connectivity index (χ3n) is 3.07. The molecule has 1 rings (SSSR count). The third kappa shape index (κ3) is 2.36. The Morgan fingerprint density at radius 1 is 1.36 bits per heavy atom. The Kier molecular flexibility index (Phi) is 2.86. The Hall–Kier alpha value is 0.0800. The Labute approximate surface area is 84.6 Å². The van der Waals surface area contributed by atoms with Crippen LogP contribution in [0, 0.1) is 5.41 Å². The second kappa shape index (κ2) is 3.29. The smallest absolute Gasteiger partial charge is 0.281 e. The van der Waals surface area contributed by atoms with Gasteiger partial charge < -0.3 is 0 Å². The van der Waals surface area contributed by atoms with E-state index in [9.17, 15) is 8.76 Å². The summed E-state index contributed by atoms with van der Waals surface area (Å²) in [7, 11) is -4.39. The van der Waals surface area contributed by atoms with Crippen LogP contribution in [0.2, 0.25) is 0 Å². The summed E-state index contributed by atoms with van der Waals surface area (Å²) in [5, 5.41) is 0. The van der Waals surface area contributed by atoms with E-state index < -0.39 is 13.5 Å². The lowest BCUT2D eigenvalue weighted by atomic mass is 9.73. The van der Waals surface area contributed by atoms with Crippen molar-refractivity contribution in [2.24, 2.45) is 5.41 Å². The van der Waals surface area contributed by atoms with Crippen molar-refractivity contribution in [3.63, 3.8) is 0 Å². The molecule has 84 valence electrons. The summed E-state index contributed by atoms with van der Waals surface area (Å²) in [6.07, 6.45) is 0.232. The van der Waals surface area contributed by atoms with E-state index in [0.29, 0.717) is 6.42 Å². The van der Waals surface area contributed by atoms with E-state index in [4.69, 9.17) is 9.05 Å². The summed E-state index contributed by atoms with van der Waals surface area (Å²) in [5.74, 6) is 0. The molecule has 0 saturated carbocycles. The first kappa shape index (κ1) is 12.2. The molecule has 0 N–H and O–H groups in total. The SMILES string of the molecule is CC1CC(C)(C)C(C)(C)OP(=O)(F)O1. The van der Waals surface area contributed by atoms with Crippen molar-refractivity contribution < 1.29 is 17.8 Å². The Balaban J connectivity index is 3.04. The van der Waals surface area contributed by atoms with Crippen molar-refractivity contribution in [1.29, 1.82) is 0 Å². The minimum atomic E-state index is -4.39. The fourth-order valence-electron chi connectivity index (χ4n) is 1.63. The number of halogens is 1. The van der Waals surface area contributed by atoms with Crippen LogP contribution in [0.25, 0.3) is 0 Å². The van der Waals surface area contributed by atoms with Gasteiger partial charge in [0.15, 0.2) is 0 Å². The maximum absolute atomic E-state index is 13.3. The molecule has 1 aliphatic heterocycles. The highest BCUT2D eigenvalue weighted by molar-refractivity contribution is 7.48. The van der Waals surface area contributed by atoms with Gasteiger partial charge >= 0.3 is 7.91 Å². The molecular formula is C9H18FO3P. The molecule has 0 aliphatic carbocycles. The summed E-state index contributed by atoms with van der Waals surface area (Å²) in [4.78, 5) is 0. The minimum Gasteiger partial charge on any atom is -0.281 e. The molecule has 0 spiro atoms. The van der Waals surface area contributed by atoms with Crippen LogP contribution in [0.15, 0.2) is 0 Å². The predicted octanol–water partition coefficient (Wildman–Crippen LogP) is 3.69. The maximum Gasteiger partial charge on any atom is 0.513 e. The lowest BCUT2D eigenvalue weighted by Gasteiger charge is -2.38. The van der Waals surface area contributed by atoms with Gasteiger partial charge in [-0.15, -0.1) is 4.20 Å². The molecule has 1 heterocycles. The zero-order valence-corrected chi connectivity index (χ0v) is 10.2. The second-order valence-corrected chi connectivity index (χ2v) is 6.29. The van der Waals surface area contributed by atoms with Crippen molar-refractivity contribution >= 4 is 7.91 Å². The first-order chi connectivity index (χ1) is 6.06. The summed E-state index contributed by atoms with van der Waals surface area (Å²) in [6.45, 7) is 9.09. The highest BCUT2D eigenvalue weighted by Crippen LogP contribution is 2.60. The normalized spacial score (nSPS) is 41.7. The number of rotatable bonds is 0. The van der Waals surface area contributed by atoms with Gasteiger partial charge in [-0.1, -0.05) is 13.8 Å². The standard InChI is InChI=1S/C9H18FO3P/c1-7-6-8(2,3)9(4,5)13-14(10,11)12-7/h7H,6H2,1-5H3. The monoisotopic (exact) mass is 224 g/mol. The Morgan fingerprint density at radius 3 is 2.36 bits per heavy atom. The van der Waals surface area contributed by atoms with Crippen LogP contribution in [0.5, 0.6) is 0 Å². The molecule has 3 nitrogen and oxygen atoms in total. The van der Waals surface area contributed by atoms with E-state index >= 15 is 0 Å². The number of hydrogen-bond donors (Lipinski definition) is 0. The average Bonchev–Trinajstić information content (AvgIpc) is 1.81. The molecule has 0 aromatic heterocycles. The quantitative estimate of drug-likeness (QED) is 0.588. The Bertz CT molecular complexity index is 275. The molecule has 0 radical (unpaired) electrons. The first-order valence-electron chi connectivity index (χ1n) is 4.75. The van der Waals surface area contributed by atoms with Crippen molar-refractivity contribution in [2.75, 3.05) is 0 Å². The van der Waals surface area contributed by atoms with E-state index in [-0.39, 0.29) is 11.5 Å². The van der Waals surface area contributed by atoms with Gasteiger partial charge in [0.1, 0.15) is 0 Å². The molecule has 0 amide bonds. The summed E-state index contributed by atoms with van der Waals surface area (Å²) >= 11 is 0. The van der Waals surface area contributed by atoms with E-state index in [0.717, 1.165) is 0 Å². The van der Waals surface area contributed by atoms with Crippen LogP contribution in [-0.4, -0.2) is 11.7 Å². The molecule has 0 aromatic carbocycles. The van der Waals surface area contributed by atoms with Crippen LogP contribution >= 0.6 is 7.91 Å². The van der Waals surface area contributed by atoms with Crippen LogP contribution < -0.4 is 0 Å². The van der Waals surface area contributed by atoms with Crippen molar-refractivity contribution in [3.05, 3.63) is 0 Å². The second-order valence-electron chi connectivity index (χ2n) is 5.04. The van der Waals surface area contributed by atoms with Crippen LogP contribution in [-0.2, 0) is 13.6 Å². The van der Waals surface area contributed by atoms with Gasteiger partial charge in [-0.2, -0.15) is 0 Å². The molecule has 2 unspecified atom stereocenters. The molecule has 0 aromatic rings. The van der Waals surface area contributed by atoms with Gasteiger partial charge in [0, 0.05) is 0 Å². The predicted molar refractivity (Wildman–Crippen MR) is 52.8 cm³/mol. The average molecular weight is 224 g/mol. The van der Waals surface area contributed by atoms with Gasteiger partial charge in [-0.05, 0) is 32.6 Å². The molecule has 1 aliphatic rings. The summed E-state index contributed by atoms with van der Waals surface area (Å²) in [5.41, 5.74) is -1.06. The van der Waals surface area contributed by atoms with Crippen LogP contribution in [0.4, 0.5) is 4.20 Å². The van der Waals surface area contributed by atoms with Crippen LogP contribution in [0.3, 0.4) is 0 Å². The van der Waals surface area contributed by atoms with E-state index in [1.807, 2.05) is 13.8 Å². The zero-order valence-electron chi connectivity index (χ0n) is 9.33. The zero-order chi connectivity index (χ0) is 11.2. The van der Waals surface area contributed by atoms with Crippen molar-refractivity contribution in [3.8, 4) is 0 Å². The molecule has 0 bridgehead atoms. The van der Waals surface area contributed by atoms with E-state index in [2.05, 4.69) is 0 Å². The van der Waals surface area contributed by atoms with Crippen molar-refractivity contribution in [2.45, 2.75) is 52.7 Å². The van der Waals surface area contributed by atoms with Gasteiger partial charge in [0.2, 0.25) is 0 Å². The lowest BCUT2D eigenvalue weighted by molar-refractivity contribution is -0.0130. The van der Waals surface area contributed by atoms with Gasteiger partial charge in [0.25, 0.3) is 0 Å². The van der Waals surface area contributed by atoms with E-state index in [1.165, 1.54) is 0 Å². The summed E-state index contributed by atoms with van der Waals surface area (Å²) < 4.78 is 34.3. The molecule has 5 heteroatoms. The molecule has 14 heavy (non-hydrogen) atoms. The van der Waals surface area contributed by atoms with Gasteiger partial charge in [-0.3, -0.25) is 9.05 Å². The fourth-order valence-corrected chi connectivity index (χ4v) is 2.97. The van der Waals surface area contributed by atoms with E-state index in [1.54, 1.807) is 20.8 Å².